The highest BCUT2D eigenvalue weighted by Crippen LogP contribution is 2.35. The minimum Gasteiger partial charge on any atom is -0.544 e. The van der Waals surface area contributed by atoms with Crippen molar-refractivity contribution in [2.45, 2.75) is 104 Å². The molecule has 0 bridgehead atoms. The molecule has 0 saturated heterocycles. The molecule has 0 spiro atoms. The summed E-state index contributed by atoms with van der Waals surface area (Å²) in [5.74, 6) is -7.78. The van der Waals surface area contributed by atoms with Gasteiger partial charge in [-0.15, -0.1) is 0 Å². The number of carboxylic acid groups (broad SMARTS) is 1. The lowest BCUT2D eigenvalue weighted by Crippen LogP contribution is -2.72. The van der Waals surface area contributed by atoms with Gasteiger partial charge in [0, 0.05) is 26.4 Å². The molecule has 0 heterocycles. The van der Waals surface area contributed by atoms with Crippen molar-refractivity contribution in [2.24, 2.45) is 0 Å². The fourth-order valence-electron chi connectivity index (χ4n) is 3.45. The fourth-order valence-corrected chi connectivity index (χ4v) is 3.45. The van der Waals surface area contributed by atoms with Crippen LogP contribution < -0.4 is 5.11 Å². The van der Waals surface area contributed by atoms with E-state index in [1.165, 1.54) is 32.1 Å². The van der Waals surface area contributed by atoms with Gasteiger partial charge in [0.05, 0.1) is 6.61 Å². The molecule has 0 fully saturated rings. The Morgan fingerprint density at radius 1 is 0.613 bits per heavy atom. The Balaban J connectivity index is 5.07. The first-order valence-corrected chi connectivity index (χ1v) is 11.9. The fraction of sp³-hybridized carbons (Fsp3) is 0.913. The Labute approximate surface area is 187 Å². The number of hydrogen-bond donors (Lipinski definition) is 0. The molecule has 8 nitrogen and oxygen atoms in total. The summed E-state index contributed by atoms with van der Waals surface area (Å²) in [4.78, 5) is 25.2. The lowest BCUT2D eigenvalue weighted by Gasteiger charge is -2.45. The molecule has 0 saturated carbocycles. The largest absolute Gasteiger partial charge is 0.544 e. The lowest BCUT2D eigenvalue weighted by atomic mass is 10.0. The van der Waals surface area contributed by atoms with Gasteiger partial charge in [-0.25, -0.2) is 4.79 Å². The first-order valence-electron chi connectivity index (χ1n) is 11.9. The van der Waals surface area contributed by atoms with Gasteiger partial charge in [0.25, 0.3) is 5.79 Å². The third-order valence-electron chi connectivity index (χ3n) is 4.84. The van der Waals surface area contributed by atoms with E-state index in [0.717, 1.165) is 19.3 Å². The van der Waals surface area contributed by atoms with Crippen molar-refractivity contribution in [3.05, 3.63) is 0 Å². The molecule has 0 aromatic heterocycles. The number of aliphatic carboxylic acids is 1. The summed E-state index contributed by atoms with van der Waals surface area (Å²) in [6.07, 6.45) is 10.1. The van der Waals surface area contributed by atoms with Crippen molar-refractivity contribution in [3.63, 3.8) is 0 Å². The molecule has 0 aromatic rings. The van der Waals surface area contributed by atoms with Crippen molar-refractivity contribution >= 4 is 11.9 Å². The molecular weight excluding hydrogens is 404 g/mol. The average molecular weight is 448 g/mol. The third-order valence-corrected chi connectivity index (χ3v) is 4.84. The average Bonchev–Trinajstić information content (AvgIpc) is 2.74. The van der Waals surface area contributed by atoms with Crippen LogP contribution in [0.2, 0.25) is 0 Å². The summed E-state index contributed by atoms with van der Waals surface area (Å²) in [7, 11) is 0. The number of hydrogen-bond acceptors (Lipinski definition) is 8. The third kappa shape index (κ3) is 9.04. The Morgan fingerprint density at radius 2 is 1.00 bits per heavy atom. The molecule has 184 valence electrons. The smallest absolute Gasteiger partial charge is 0.373 e. The number of rotatable bonds is 21. The minimum atomic E-state index is -2.59. The van der Waals surface area contributed by atoms with Gasteiger partial charge in [-0.05, 0) is 34.1 Å². The van der Waals surface area contributed by atoms with Crippen LogP contribution in [0.1, 0.15) is 92.4 Å². The van der Waals surface area contributed by atoms with Crippen molar-refractivity contribution < 1.29 is 38.4 Å². The van der Waals surface area contributed by atoms with Crippen LogP contribution in [0.5, 0.6) is 0 Å². The predicted octanol–water partition coefficient (Wildman–Crippen LogP) is 3.35. The van der Waals surface area contributed by atoms with Gasteiger partial charge in [0.2, 0.25) is 0 Å². The summed E-state index contributed by atoms with van der Waals surface area (Å²) < 4.78 is 27.2. The second-order valence-corrected chi connectivity index (χ2v) is 7.22. The Hall–Kier alpha value is -1.22. The highest BCUT2D eigenvalue weighted by Gasteiger charge is 2.64. The molecule has 0 amide bonds. The quantitative estimate of drug-likeness (QED) is 0.150. The zero-order valence-electron chi connectivity index (χ0n) is 20.2. The normalized spacial score (nSPS) is 12.2. The Bertz CT molecular complexity index is 468. The van der Waals surface area contributed by atoms with E-state index in [1.807, 2.05) is 0 Å². The number of ether oxygens (including phenoxy) is 5. The van der Waals surface area contributed by atoms with E-state index in [2.05, 4.69) is 6.92 Å². The molecule has 0 aliphatic rings. The summed E-state index contributed by atoms with van der Waals surface area (Å²) in [6, 6.07) is 0. The zero-order chi connectivity index (χ0) is 23.6. The second kappa shape index (κ2) is 17.3. The highest BCUT2D eigenvalue weighted by atomic mass is 16.8. The van der Waals surface area contributed by atoms with E-state index >= 15 is 0 Å². The molecule has 0 unspecified atom stereocenters. The van der Waals surface area contributed by atoms with Crippen LogP contribution >= 0.6 is 0 Å². The molecular formula is C23H43O8-. The van der Waals surface area contributed by atoms with E-state index in [0.29, 0.717) is 6.42 Å². The molecule has 0 rings (SSSR count). The van der Waals surface area contributed by atoms with Crippen LogP contribution in [0.25, 0.3) is 0 Å². The molecule has 0 aromatic carbocycles. The van der Waals surface area contributed by atoms with E-state index in [9.17, 15) is 14.7 Å². The van der Waals surface area contributed by atoms with Crippen molar-refractivity contribution in [1.82, 2.24) is 0 Å². The minimum absolute atomic E-state index is 0.0255. The van der Waals surface area contributed by atoms with Crippen LogP contribution in [0.15, 0.2) is 0 Å². The van der Waals surface area contributed by atoms with Gasteiger partial charge in [-0.3, -0.25) is 0 Å². The molecule has 8 heteroatoms. The molecule has 0 radical (unpaired) electrons. The first kappa shape index (κ1) is 29.8. The summed E-state index contributed by atoms with van der Waals surface area (Å²) in [6.45, 7) is 8.51. The van der Waals surface area contributed by atoms with E-state index in [4.69, 9.17) is 23.7 Å². The van der Waals surface area contributed by atoms with Gasteiger partial charge >= 0.3 is 11.8 Å². The van der Waals surface area contributed by atoms with E-state index in [-0.39, 0.29) is 33.0 Å². The van der Waals surface area contributed by atoms with Crippen molar-refractivity contribution in [1.29, 1.82) is 0 Å². The molecule has 31 heavy (non-hydrogen) atoms. The molecule has 0 atom stereocenters. The number of carbonyl (C=O) groups is 2. The number of esters is 1. The van der Waals surface area contributed by atoms with Crippen LogP contribution in [0.3, 0.4) is 0 Å². The first-order chi connectivity index (χ1) is 14.9. The maximum absolute atomic E-state index is 13.1. The van der Waals surface area contributed by atoms with Gasteiger partial charge in [-0.2, -0.15) is 0 Å². The van der Waals surface area contributed by atoms with Crippen LogP contribution in [-0.2, 0) is 33.3 Å². The molecule has 0 aliphatic carbocycles. The van der Waals surface area contributed by atoms with Gasteiger partial charge in [0.1, 0.15) is 5.97 Å². The molecule has 0 aliphatic heterocycles. The Kier molecular flexibility index (Phi) is 16.7. The number of carboxylic acids is 1. The maximum Gasteiger partial charge on any atom is 0.373 e. The van der Waals surface area contributed by atoms with Gasteiger partial charge in [-0.1, -0.05) is 58.3 Å². The SMILES string of the molecule is CCCCCCCCCCCOC(=O)C(OCC)(OCC)C(OCC)(OCC)C(=O)[O-]. The van der Waals surface area contributed by atoms with Gasteiger partial charge < -0.3 is 33.6 Å². The second-order valence-electron chi connectivity index (χ2n) is 7.22. The highest BCUT2D eigenvalue weighted by molar-refractivity contribution is 5.89. The number of unbranched alkanes of at least 4 members (excludes halogenated alkanes) is 8. The van der Waals surface area contributed by atoms with E-state index < -0.39 is 23.5 Å². The standard InChI is InChI=1S/C23H44O8/c1-6-11-12-13-14-15-16-17-18-19-27-21(26)23(30-9-4,31-10-5)22(20(24)25,28-7-2)29-8-3/h6-19H2,1-5H3,(H,24,25)/p-1. The Morgan fingerprint density at radius 3 is 1.39 bits per heavy atom. The topological polar surface area (TPSA) is 103 Å². The number of carbonyl (C=O) groups excluding carboxylic acids is 2. The van der Waals surface area contributed by atoms with Crippen molar-refractivity contribution in [2.75, 3.05) is 33.0 Å². The summed E-state index contributed by atoms with van der Waals surface area (Å²) in [5.41, 5.74) is 0. The summed E-state index contributed by atoms with van der Waals surface area (Å²) >= 11 is 0. The monoisotopic (exact) mass is 447 g/mol. The zero-order valence-corrected chi connectivity index (χ0v) is 20.2. The van der Waals surface area contributed by atoms with Crippen molar-refractivity contribution in [3.8, 4) is 0 Å². The maximum atomic E-state index is 13.1. The summed E-state index contributed by atoms with van der Waals surface area (Å²) in [5, 5.41) is 12.1. The predicted molar refractivity (Wildman–Crippen MR) is 115 cm³/mol. The van der Waals surface area contributed by atoms with Gasteiger partial charge in [0.15, 0.2) is 0 Å². The van der Waals surface area contributed by atoms with E-state index in [1.54, 1.807) is 27.7 Å². The lowest BCUT2D eigenvalue weighted by molar-refractivity contribution is -0.421. The van der Waals surface area contributed by atoms with Crippen LogP contribution in [0, 0.1) is 0 Å². The van der Waals surface area contributed by atoms with Crippen LogP contribution in [0.4, 0.5) is 0 Å². The molecule has 0 N–H and O–H groups in total. The van der Waals surface area contributed by atoms with Crippen LogP contribution in [-0.4, -0.2) is 56.5 Å².